The predicted molar refractivity (Wildman–Crippen MR) is 126 cm³/mol. The van der Waals surface area contributed by atoms with Gasteiger partial charge in [0.2, 0.25) is 11.8 Å². The summed E-state index contributed by atoms with van der Waals surface area (Å²) in [5.41, 5.74) is 4.03. The van der Waals surface area contributed by atoms with Gasteiger partial charge in [0.1, 0.15) is 11.5 Å². The quantitative estimate of drug-likeness (QED) is 0.552. The summed E-state index contributed by atoms with van der Waals surface area (Å²) in [4.78, 5) is 27.1. The number of rotatable bonds is 6. The van der Waals surface area contributed by atoms with Gasteiger partial charge < -0.3 is 15.0 Å². The largest absolute Gasteiger partial charge is 0.457 e. The Morgan fingerprint density at radius 3 is 2.44 bits per heavy atom. The number of hydrogen-bond acceptors (Lipinski definition) is 3. The van der Waals surface area contributed by atoms with Crippen molar-refractivity contribution < 1.29 is 14.3 Å². The monoisotopic (exact) mass is 428 g/mol. The zero-order chi connectivity index (χ0) is 22.7. The van der Waals surface area contributed by atoms with Crippen molar-refractivity contribution in [1.82, 2.24) is 4.90 Å². The summed E-state index contributed by atoms with van der Waals surface area (Å²) in [7, 11) is 0. The van der Waals surface area contributed by atoms with Crippen molar-refractivity contribution in [1.29, 1.82) is 0 Å². The molecule has 1 fully saturated rings. The Morgan fingerprint density at radius 1 is 1.00 bits per heavy atom. The van der Waals surface area contributed by atoms with E-state index in [2.05, 4.69) is 18.3 Å². The van der Waals surface area contributed by atoms with Crippen molar-refractivity contribution in [2.75, 3.05) is 11.9 Å². The number of nitrogens with zero attached hydrogens (tertiary/aromatic N) is 1. The van der Waals surface area contributed by atoms with E-state index in [-0.39, 0.29) is 30.2 Å². The minimum absolute atomic E-state index is 0.0128. The second-order valence-corrected chi connectivity index (χ2v) is 8.35. The molecular formula is C27H28N2O3. The van der Waals surface area contributed by atoms with Crippen LogP contribution in [0.3, 0.4) is 0 Å². The topological polar surface area (TPSA) is 58.6 Å². The van der Waals surface area contributed by atoms with Gasteiger partial charge in [-0.05, 0) is 67.8 Å². The summed E-state index contributed by atoms with van der Waals surface area (Å²) in [6.07, 6.45) is 0.233. The van der Waals surface area contributed by atoms with E-state index in [9.17, 15) is 9.59 Å². The molecule has 1 aliphatic rings. The van der Waals surface area contributed by atoms with E-state index in [1.807, 2.05) is 80.6 Å². The molecule has 1 N–H and O–H groups in total. The Bertz CT molecular complexity index is 1110. The van der Waals surface area contributed by atoms with Crippen LogP contribution in [-0.2, 0) is 9.59 Å². The summed E-state index contributed by atoms with van der Waals surface area (Å²) in [6, 6.07) is 23.1. The number of aryl methyl sites for hydroxylation is 1. The molecule has 2 amide bonds. The average molecular weight is 429 g/mol. The lowest BCUT2D eigenvalue weighted by Gasteiger charge is -2.25. The predicted octanol–water partition coefficient (Wildman–Crippen LogP) is 5.64. The molecule has 0 aliphatic carbocycles. The number of amides is 2. The fourth-order valence-corrected chi connectivity index (χ4v) is 4.01. The van der Waals surface area contributed by atoms with Gasteiger partial charge in [-0.1, -0.05) is 42.5 Å². The normalized spacial score (nSPS) is 16.7. The van der Waals surface area contributed by atoms with Crippen molar-refractivity contribution in [2.24, 2.45) is 5.92 Å². The van der Waals surface area contributed by atoms with Gasteiger partial charge in [-0.15, -0.1) is 0 Å². The molecular weight excluding hydrogens is 400 g/mol. The van der Waals surface area contributed by atoms with E-state index in [0.29, 0.717) is 18.0 Å². The number of hydrogen-bond donors (Lipinski definition) is 1. The highest BCUT2D eigenvalue weighted by Crippen LogP contribution is 2.30. The molecule has 3 aromatic carbocycles. The highest BCUT2D eigenvalue weighted by Gasteiger charge is 2.37. The maximum absolute atomic E-state index is 12.8. The van der Waals surface area contributed by atoms with Crippen molar-refractivity contribution >= 4 is 17.5 Å². The third kappa shape index (κ3) is 4.67. The molecule has 1 heterocycles. The highest BCUT2D eigenvalue weighted by molar-refractivity contribution is 5.97. The average Bonchev–Trinajstić information content (AvgIpc) is 3.20. The van der Waals surface area contributed by atoms with E-state index < -0.39 is 0 Å². The molecule has 1 saturated heterocycles. The van der Waals surface area contributed by atoms with Gasteiger partial charge in [-0.25, -0.2) is 0 Å². The Kier molecular flexibility index (Phi) is 6.26. The van der Waals surface area contributed by atoms with Crippen molar-refractivity contribution in [3.05, 3.63) is 89.5 Å². The van der Waals surface area contributed by atoms with E-state index in [0.717, 1.165) is 16.9 Å². The summed E-state index contributed by atoms with van der Waals surface area (Å²) in [5.74, 6) is 1.04. The Labute approximate surface area is 189 Å². The van der Waals surface area contributed by atoms with E-state index in [1.54, 1.807) is 4.90 Å². The first-order chi connectivity index (χ1) is 15.4. The number of ether oxygens (including phenoxy) is 1. The van der Waals surface area contributed by atoms with Gasteiger partial charge in [0.15, 0.2) is 0 Å². The fourth-order valence-electron chi connectivity index (χ4n) is 4.01. The third-order valence-electron chi connectivity index (χ3n) is 6.18. The number of carbonyl (C=O) groups is 2. The van der Waals surface area contributed by atoms with E-state index in [4.69, 9.17) is 4.74 Å². The molecule has 0 saturated carbocycles. The lowest BCUT2D eigenvalue weighted by atomic mass is 10.1. The second kappa shape index (κ2) is 9.27. The van der Waals surface area contributed by atoms with Crippen molar-refractivity contribution in [2.45, 2.75) is 33.2 Å². The van der Waals surface area contributed by atoms with Crippen LogP contribution in [0.5, 0.6) is 11.5 Å². The number of likely N-dealkylation sites (tertiary alicyclic amines) is 1. The molecule has 0 radical (unpaired) electrons. The van der Waals surface area contributed by atoms with Crippen LogP contribution in [0.4, 0.5) is 5.69 Å². The third-order valence-corrected chi connectivity index (χ3v) is 6.18. The molecule has 0 unspecified atom stereocenters. The smallest absolute Gasteiger partial charge is 0.229 e. The highest BCUT2D eigenvalue weighted by atomic mass is 16.5. The van der Waals surface area contributed by atoms with Crippen LogP contribution in [0.25, 0.3) is 0 Å². The van der Waals surface area contributed by atoms with Gasteiger partial charge in [0.25, 0.3) is 0 Å². The molecule has 5 nitrogen and oxygen atoms in total. The number of carbonyl (C=O) groups excluding carboxylic acids is 2. The Hall–Kier alpha value is -3.60. The molecule has 0 spiro atoms. The van der Waals surface area contributed by atoms with Crippen LogP contribution >= 0.6 is 0 Å². The maximum atomic E-state index is 12.8. The van der Waals surface area contributed by atoms with Crippen LogP contribution in [0.2, 0.25) is 0 Å². The molecule has 0 bridgehead atoms. The Morgan fingerprint density at radius 2 is 1.72 bits per heavy atom. The van der Waals surface area contributed by atoms with Gasteiger partial charge in [0, 0.05) is 18.7 Å². The van der Waals surface area contributed by atoms with Crippen molar-refractivity contribution in [3.63, 3.8) is 0 Å². The minimum Gasteiger partial charge on any atom is -0.457 e. The van der Waals surface area contributed by atoms with Gasteiger partial charge >= 0.3 is 0 Å². The minimum atomic E-state index is -0.362. The summed E-state index contributed by atoms with van der Waals surface area (Å²) < 4.78 is 5.98. The van der Waals surface area contributed by atoms with Gasteiger partial charge in [-0.2, -0.15) is 0 Å². The SMILES string of the molecule is Cc1cccc(Oc2ccc(NC(=O)[C@@H]3CC(=O)N([C@@H](C)c4ccccc4)C3)cc2)c1C. The molecule has 2 atom stereocenters. The molecule has 0 aromatic heterocycles. The Balaban J connectivity index is 1.37. The van der Waals surface area contributed by atoms with E-state index in [1.165, 1.54) is 5.56 Å². The summed E-state index contributed by atoms with van der Waals surface area (Å²) in [6.45, 7) is 6.51. The zero-order valence-electron chi connectivity index (χ0n) is 18.7. The zero-order valence-corrected chi connectivity index (χ0v) is 18.7. The van der Waals surface area contributed by atoms with E-state index >= 15 is 0 Å². The van der Waals surface area contributed by atoms with Gasteiger partial charge in [0.05, 0.1) is 12.0 Å². The lowest BCUT2D eigenvalue weighted by Crippen LogP contribution is -2.30. The summed E-state index contributed by atoms with van der Waals surface area (Å²) >= 11 is 0. The van der Waals surface area contributed by atoms with Crippen LogP contribution in [0.1, 0.15) is 36.1 Å². The lowest BCUT2D eigenvalue weighted by molar-refractivity contribution is -0.129. The number of nitrogens with one attached hydrogen (secondary N) is 1. The number of anilines is 1. The maximum Gasteiger partial charge on any atom is 0.229 e. The van der Waals surface area contributed by atoms with Crippen LogP contribution in [0, 0.1) is 19.8 Å². The summed E-state index contributed by atoms with van der Waals surface area (Å²) in [5, 5.41) is 2.94. The first kappa shape index (κ1) is 21.6. The first-order valence-corrected chi connectivity index (χ1v) is 10.9. The molecule has 164 valence electrons. The molecule has 3 aromatic rings. The second-order valence-electron chi connectivity index (χ2n) is 8.35. The van der Waals surface area contributed by atoms with Crippen LogP contribution in [0.15, 0.2) is 72.8 Å². The molecule has 32 heavy (non-hydrogen) atoms. The first-order valence-electron chi connectivity index (χ1n) is 10.9. The van der Waals surface area contributed by atoms with Crippen molar-refractivity contribution in [3.8, 4) is 11.5 Å². The number of benzene rings is 3. The standard InChI is InChI=1S/C27H28N2O3/c1-18-8-7-11-25(19(18)2)32-24-14-12-23(13-15-24)28-27(31)22-16-26(30)29(17-22)20(3)21-9-5-4-6-10-21/h4-15,20,22H,16-17H2,1-3H3,(H,28,31)/t20-,22+/m0/s1. The van der Waals surface area contributed by atoms with Crippen LogP contribution < -0.4 is 10.1 Å². The van der Waals surface area contributed by atoms with Gasteiger partial charge in [-0.3, -0.25) is 9.59 Å². The molecule has 1 aliphatic heterocycles. The molecule has 5 heteroatoms. The fraction of sp³-hybridized carbons (Fsp3) is 0.259. The van der Waals surface area contributed by atoms with Crippen LogP contribution in [-0.4, -0.2) is 23.3 Å². The molecule has 4 rings (SSSR count).